The summed E-state index contributed by atoms with van der Waals surface area (Å²) in [4.78, 5) is 2.19. The Morgan fingerprint density at radius 3 is 2.94 bits per heavy atom. The summed E-state index contributed by atoms with van der Waals surface area (Å²) in [6.45, 7) is 3.42. The van der Waals surface area contributed by atoms with Gasteiger partial charge < -0.3 is 5.11 Å². The van der Waals surface area contributed by atoms with Crippen molar-refractivity contribution in [3.63, 3.8) is 0 Å². The van der Waals surface area contributed by atoms with Crippen LogP contribution in [0.25, 0.3) is 0 Å². The third-order valence-electron chi connectivity index (χ3n) is 3.66. The van der Waals surface area contributed by atoms with Crippen LogP contribution in [-0.4, -0.2) is 29.2 Å². The van der Waals surface area contributed by atoms with Gasteiger partial charge in [-0.2, -0.15) is 0 Å². The van der Waals surface area contributed by atoms with Gasteiger partial charge in [-0.15, -0.1) is 0 Å². The van der Waals surface area contributed by atoms with Crippen molar-refractivity contribution in [2.75, 3.05) is 13.2 Å². The Labute approximate surface area is 112 Å². The smallest absolute Gasteiger partial charge is 0.126 e. The van der Waals surface area contributed by atoms with Crippen LogP contribution in [-0.2, 0) is 6.54 Å². The van der Waals surface area contributed by atoms with Crippen LogP contribution in [0.3, 0.4) is 0 Å². The minimum absolute atomic E-state index is 0.159. The Balaban J connectivity index is 2.15. The Bertz CT molecular complexity index is 425. The number of aliphatic hydroxyl groups excluding tert-OH is 1. The van der Waals surface area contributed by atoms with Gasteiger partial charge in [-0.05, 0) is 49.6 Å². The first-order valence-corrected chi connectivity index (χ1v) is 6.79. The molecule has 1 N–H and O–H groups in total. The summed E-state index contributed by atoms with van der Waals surface area (Å²) in [5, 5.41) is 9.97. The number of rotatable bonds is 3. The van der Waals surface area contributed by atoms with E-state index >= 15 is 0 Å². The molecule has 1 saturated heterocycles. The second-order valence-electron chi connectivity index (χ2n) is 5.00. The molecule has 1 atom stereocenters. The predicted molar refractivity (Wildman–Crippen MR) is 71.3 cm³/mol. The lowest BCUT2D eigenvalue weighted by Crippen LogP contribution is -2.41. The van der Waals surface area contributed by atoms with Crippen molar-refractivity contribution in [3.8, 4) is 0 Å². The van der Waals surface area contributed by atoms with Crippen molar-refractivity contribution in [1.82, 2.24) is 4.90 Å². The maximum Gasteiger partial charge on any atom is 0.126 e. The molecular weight excluding hydrogens is 253 g/mol. The molecule has 1 aliphatic heterocycles. The summed E-state index contributed by atoms with van der Waals surface area (Å²) in [7, 11) is 0. The van der Waals surface area contributed by atoms with Crippen molar-refractivity contribution in [3.05, 3.63) is 34.1 Å². The summed E-state index contributed by atoms with van der Waals surface area (Å²) in [6, 6.07) is 3.37. The van der Waals surface area contributed by atoms with Crippen LogP contribution in [0.1, 0.15) is 30.4 Å². The normalized spacial score (nSPS) is 21.2. The molecule has 0 radical (unpaired) electrons. The molecule has 0 aliphatic carbocycles. The lowest BCUT2D eigenvalue weighted by molar-refractivity contribution is 0.0841. The summed E-state index contributed by atoms with van der Waals surface area (Å²) in [6.07, 6.45) is 3.28. The van der Waals surface area contributed by atoms with Gasteiger partial charge in [0.05, 0.1) is 6.61 Å². The standard InChI is InChI=1S/C14H19ClFNO/c1-10-6-13(15)11(7-14(10)16)8-17-5-3-2-4-12(17)9-18/h6-7,12,18H,2-5,8-9H2,1H3. The minimum atomic E-state index is -0.216. The maximum absolute atomic E-state index is 13.6. The number of aryl methyl sites for hydroxylation is 1. The summed E-state index contributed by atoms with van der Waals surface area (Å²) >= 11 is 6.16. The fourth-order valence-electron chi connectivity index (χ4n) is 2.50. The molecule has 1 aromatic carbocycles. The number of hydrogen-bond acceptors (Lipinski definition) is 2. The first-order chi connectivity index (χ1) is 8.61. The van der Waals surface area contributed by atoms with Crippen LogP contribution >= 0.6 is 11.6 Å². The Morgan fingerprint density at radius 1 is 1.44 bits per heavy atom. The highest BCUT2D eigenvalue weighted by atomic mass is 35.5. The van der Waals surface area contributed by atoms with Crippen LogP contribution < -0.4 is 0 Å². The first-order valence-electron chi connectivity index (χ1n) is 6.41. The number of aliphatic hydroxyl groups is 1. The number of benzene rings is 1. The maximum atomic E-state index is 13.6. The van der Waals surface area contributed by atoms with E-state index in [2.05, 4.69) is 4.90 Å². The van der Waals surface area contributed by atoms with E-state index < -0.39 is 0 Å². The predicted octanol–water partition coefficient (Wildman–Crippen LogP) is 3.13. The van der Waals surface area contributed by atoms with E-state index in [4.69, 9.17) is 11.6 Å². The quantitative estimate of drug-likeness (QED) is 0.913. The molecule has 0 amide bonds. The van der Waals surface area contributed by atoms with Crippen LogP contribution in [0.4, 0.5) is 4.39 Å². The van der Waals surface area contributed by atoms with Gasteiger partial charge in [-0.1, -0.05) is 18.0 Å². The van der Waals surface area contributed by atoms with Crippen molar-refractivity contribution < 1.29 is 9.50 Å². The molecule has 0 saturated carbocycles. The lowest BCUT2D eigenvalue weighted by Gasteiger charge is -2.34. The van der Waals surface area contributed by atoms with Gasteiger partial charge in [0.1, 0.15) is 5.82 Å². The van der Waals surface area contributed by atoms with E-state index in [9.17, 15) is 9.50 Å². The summed E-state index contributed by atoms with van der Waals surface area (Å²) in [5.41, 5.74) is 1.38. The zero-order valence-corrected chi connectivity index (χ0v) is 11.4. The van der Waals surface area contributed by atoms with E-state index in [1.165, 1.54) is 6.07 Å². The molecule has 0 bridgehead atoms. The number of halogens is 2. The third kappa shape index (κ3) is 3.02. The molecule has 2 nitrogen and oxygen atoms in total. The molecule has 1 fully saturated rings. The molecule has 1 heterocycles. The van der Waals surface area contributed by atoms with Gasteiger partial charge in [-0.3, -0.25) is 4.90 Å². The average Bonchev–Trinajstić information content (AvgIpc) is 2.36. The molecular formula is C14H19ClFNO. The monoisotopic (exact) mass is 271 g/mol. The Morgan fingerprint density at radius 2 is 2.22 bits per heavy atom. The first kappa shape index (κ1) is 13.8. The fraction of sp³-hybridized carbons (Fsp3) is 0.571. The van der Waals surface area contributed by atoms with Crippen molar-refractivity contribution in [2.24, 2.45) is 0 Å². The minimum Gasteiger partial charge on any atom is -0.395 e. The van der Waals surface area contributed by atoms with Gasteiger partial charge in [0, 0.05) is 17.6 Å². The lowest BCUT2D eigenvalue weighted by atomic mass is 10.0. The molecule has 0 spiro atoms. The van der Waals surface area contributed by atoms with E-state index in [0.29, 0.717) is 17.1 Å². The summed E-state index contributed by atoms with van der Waals surface area (Å²) in [5.74, 6) is -0.216. The zero-order chi connectivity index (χ0) is 13.1. The highest BCUT2D eigenvalue weighted by Crippen LogP contribution is 2.25. The molecule has 0 aromatic heterocycles. The van der Waals surface area contributed by atoms with Crippen molar-refractivity contribution >= 4 is 11.6 Å². The van der Waals surface area contributed by atoms with Crippen LogP contribution in [0, 0.1) is 12.7 Å². The van der Waals surface area contributed by atoms with Crippen molar-refractivity contribution in [2.45, 2.75) is 38.8 Å². The van der Waals surface area contributed by atoms with E-state index in [0.717, 1.165) is 31.4 Å². The number of piperidine rings is 1. The van der Waals surface area contributed by atoms with E-state index in [1.54, 1.807) is 13.0 Å². The van der Waals surface area contributed by atoms with Crippen LogP contribution in [0.15, 0.2) is 12.1 Å². The number of likely N-dealkylation sites (tertiary alicyclic amines) is 1. The Kier molecular flexibility index (Phi) is 4.60. The van der Waals surface area contributed by atoms with E-state index in [-0.39, 0.29) is 18.5 Å². The second kappa shape index (κ2) is 6.00. The largest absolute Gasteiger partial charge is 0.395 e. The van der Waals surface area contributed by atoms with Crippen LogP contribution in [0.5, 0.6) is 0 Å². The number of nitrogens with zero attached hydrogens (tertiary/aromatic N) is 1. The molecule has 18 heavy (non-hydrogen) atoms. The molecule has 1 aromatic rings. The molecule has 1 aliphatic rings. The number of hydrogen-bond donors (Lipinski definition) is 1. The molecule has 4 heteroatoms. The van der Waals surface area contributed by atoms with Gasteiger partial charge in [0.2, 0.25) is 0 Å². The van der Waals surface area contributed by atoms with Gasteiger partial charge in [0.15, 0.2) is 0 Å². The molecule has 100 valence electrons. The fourth-order valence-corrected chi connectivity index (χ4v) is 2.78. The second-order valence-corrected chi connectivity index (χ2v) is 5.40. The van der Waals surface area contributed by atoms with Gasteiger partial charge >= 0.3 is 0 Å². The average molecular weight is 272 g/mol. The highest BCUT2D eigenvalue weighted by Gasteiger charge is 2.22. The van der Waals surface area contributed by atoms with Gasteiger partial charge in [0.25, 0.3) is 0 Å². The summed E-state index contributed by atoms with van der Waals surface area (Å²) < 4.78 is 13.6. The van der Waals surface area contributed by atoms with E-state index in [1.807, 2.05) is 0 Å². The van der Waals surface area contributed by atoms with Crippen molar-refractivity contribution in [1.29, 1.82) is 0 Å². The SMILES string of the molecule is Cc1cc(Cl)c(CN2CCCCC2CO)cc1F. The highest BCUT2D eigenvalue weighted by molar-refractivity contribution is 6.31. The Hall–Kier alpha value is -0.640. The zero-order valence-electron chi connectivity index (χ0n) is 10.6. The topological polar surface area (TPSA) is 23.5 Å². The third-order valence-corrected chi connectivity index (χ3v) is 4.01. The van der Waals surface area contributed by atoms with Crippen LogP contribution in [0.2, 0.25) is 5.02 Å². The molecule has 2 rings (SSSR count). The molecule has 1 unspecified atom stereocenters. The van der Waals surface area contributed by atoms with Gasteiger partial charge in [-0.25, -0.2) is 4.39 Å².